The summed E-state index contributed by atoms with van der Waals surface area (Å²) in [6.45, 7) is 12.5. The number of benzene rings is 3. The Labute approximate surface area is 226 Å². The summed E-state index contributed by atoms with van der Waals surface area (Å²) >= 11 is 0. The minimum Gasteiger partial charge on any atom is -0.462 e. The van der Waals surface area contributed by atoms with Crippen molar-refractivity contribution in [2.24, 2.45) is 5.41 Å². The molecule has 0 bridgehead atoms. The van der Waals surface area contributed by atoms with Gasteiger partial charge in [0.15, 0.2) is 0 Å². The molecule has 3 aromatic rings. The van der Waals surface area contributed by atoms with Crippen molar-refractivity contribution in [3.8, 4) is 0 Å². The highest BCUT2D eigenvalue weighted by Gasteiger charge is 2.38. The maximum Gasteiger partial charge on any atom is 0.330 e. The fourth-order valence-corrected chi connectivity index (χ4v) is 7.07. The Kier molecular flexibility index (Phi) is 10.0. The summed E-state index contributed by atoms with van der Waals surface area (Å²) in [5.41, 5.74) is 2.45. The van der Waals surface area contributed by atoms with Gasteiger partial charge >= 0.3 is 5.97 Å². The third-order valence-corrected chi connectivity index (χ3v) is 9.88. The highest BCUT2D eigenvalue weighted by Crippen LogP contribution is 2.48. The summed E-state index contributed by atoms with van der Waals surface area (Å²) in [7, 11) is -3.58. The normalized spacial score (nSPS) is 12.9. The van der Waals surface area contributed by atoms with Gasteiger partial charge < -0.3 is 14.0 Å². The lowest BCUT2D eigenvalue weighted by Crippen LogP contribution is -2.26. The molecule has 5 nitrogen and oxygen atoms in total. The van der Waals surface area contributed by atoms with Gasteiger partial charge in [0, 0.05) is 34.3 Å². The van der Waals surface area contributed by atoms with E-state index < -0.39 is 13.1 Å². The number of carbonyl (C=O) groups excluding carboxylic acids is 2. The molecule has 0 aliphatic rings. The van der Waals surface area contributed by atoms with Crippen molar-refractivity contribution >= 4 is 29.2 Å². The maximum absolute atomic E-state index is 14.5. The van der Waals surface area contributed by atoms with Crippen LogP contribution >= 0.6 is 7.14 Å². The summed E-state index contributed by atoms with van der Waals surface area (Å²) < 4.78 is 25.8. The molecule has 3 rings (SSSR count). The summed E-state index contributed by atoms with van der Waals surface area (Å²) in [5.74, 6) is -0.421. The van der Waals surface area contributed by atoms with E-state index in [0.717, 1.165) is 29.5 Å². The molecule has 1 atom stereocenters. The molecule has 6 heteroatoms. The zero-order valence-corrected chi connectivity index (χ0v) is 23.6. The Bertz CT molecular complexity index is 1250. The fourth-order valence-electron chi connectivity index (χ4n) is 4.45. The first-order valence-corrected chi connectivity index (χ1v) is 14.6. The van der Waals surface area contributed by atoms with Gasteiger partial charge in [-0.15, -0.1) is 0 Å². The molecule has 3 aromatic carbocycles. The van der Waals surface area contributed by atoms with E-state index in [4.69, 9.17) is 9.47 Å². The highest BCUT2D eigenvalue weighted by molar-refractivity contribution is 7.93. The van der Waals surface area contributed by atoms with E-state index in [2.05, 4.69) is 20.4 Å². The Morgan fingerprint density at radius 1 is 0.947 bits per heavy atom. The predicted octanol–water partition coefficient (Wildman–Crippen LogP) is 6.51. The standard InChI is InChI=1S/C32H37O5P/c1-6-29(33)37-23-32(5,7-2)18-19-36-22-26-20-24(3)30(25(4)21-26)31(34)38(35,27-14-10-8-11-15-27)28-16-12-9-13-17-28/h6,8-17,20-21H,1,7,18-19,22-23H2,2-5H3. The van der Waals surface area contributed by atoms with E-state index in [1.807, 2.05) is 62.4 Å². The number of esters is 1. The molecule has 0 fully saturated rings. The molecule has 0 aliphatic heterocycles. The van der Waals surface area contributed by atoms with Crippen LogP contribution < -0.4 is 10.6 Å². The van der Waals surface area contributed by atoms with Crippen LogP contribution in [0.3, 0.4) is 0 Å². The van der Waals surface area contributed by atoms with Crippen LogP contribution in [0.25, 0.3) is 0 Å². The van der Waals surface area contributed by atoms with Gasteiger partial charge in [-0.3, -0.25) is 4.79 Å². The largest absolute Gasteiger partial charge is 0.462 e. The fraction of sp³-hybridized carbons (Fsp3) is 0.312. The number of hydrogen-bond donors (Lipinski definition) is 0. The molecule has 0 heterocycles. The zero-order valence-electron chi connectivity index (χ0n) is 22.7. The summed E-state index contributed by atoms with van der Waals surface area (Å²) in [4.78, 5) is 25.5. The minimum atomic E-state index is -3.58. The Hall–Kier alpha value is -3.27. The predicted molar refractivity (Wildman–Crippen MR) is 154 cm³/mol. The number of rotatable bonds is 13. The second-order valence-corrected chi connectivity index (χ2v) is 12.6. The second kappa shape index (κ2) is 13.0. The first-order valence-electron chi connectivity index (χ1n) is 12.9. The molecule has 0 N–H and O–H groups in total. The van der Waals surface area contributed by atoms with Crippen LogP contribution in [0.4, 0.5) is 0 Å². The molecule has 0 saturated heterocycles. The van der Waals surface area contributed by atoms with Crippen LogP contribution in [0.1, 0.15) is 53.7 Å². The lowest BCUT2D eigenvalue weighted by Gasteiger charge is -2.27. The van der Waals surface area contributed by atoms with E-state index >= 15 is 0 Å². The van der Waals surface area contributed by atoms with Crippen LogP contribution in [0.5, 0.6) is 0 Å². The van der Waals surface area contributed by atoms with Crippen molar-refractivity contribution in [2.75, 3.05) is 13.2 Å². The van der Waals surface area contributed by atoms with Gasteiger partial charge in [0.05, 0.1) is 13.2 Å². The number of carbonyl (C=O) groups is 2. The molecular weight excluding hydrogens is 495 g/mol. The Morgan fingerprint density at radius 3 is 1.95 bits per heavy atom. The van der Waals surface area contributed by atoms with E-state index in [9.17, 15) is 14.2 Å². The van der Waals surface area contributed by atoms with Crippen molar-refractivity contribution in [3.63, 3.8) is 0 Å². The average molecular weight is 533 g/mol. The summed E-state index contributed by atoms with van der Waals surface area (Å²) in [5, 5.41) is 1.06. The minimum absolute atomic E-state index is 0.184. The molecule has 0 saturated carbocycles. The number of ether oxygens (including phenoxy) is 2. The van der Waals surface area contributed by atoms with Crippen LogP contribution in [-0.4, -0.2) is 24.7 Å². The smallest absolute Gasteiger partial charge is 0.330 e. The third kappa shape index (κ3) is 6.78. The van der Waals surface area contributed by atoms with E-state index in [-0.39, 0.29) is 10.9 Å². The molecule has 1 unspecified atom stereocenters. The summed E-state index contributed by atoms with van der Waals surface area (Å²) in [6, 6.07) is 21.9. The first kappa shape index (κ1) is 29.3. The van der Waals surface area contributed by atoms with Crippen molar-refractivity contribution in [1.82, 2.24) is 0 Å². The Balaban J connectivity index is 1.78. The molecular formula is C32H37O5P. The molecule has 0 spiro atoms. The molecule has 0 radical (unpaired) electrons. The van der Waals surface area contributed by atoms with Crippen molar-refractivity contribution in [1.29, 1.82) is 0 Å². The van der Waals surface area contributed by atoms with Gasteiger partial charge in [-0.25, -0.2) is 4.79 Å². The second-order valence-electron chi connectivity index (χ2n) is 9.97. The molecule has 0 aliphatic carbocycles. The van der Waals surface area contributed by atoms with Crippen LogP contribution in [0.15, 0.2) is 85.5 Å². The number of hydrogen-bond acceptors (Lipinski definition) is 5. The van der Waals surface area contributed by atoms with Gasteiger partial charge in [-0.1, -0.05) is 93.2 Å². The van der Waals surface area contributed by atoms with Crippen LogP contribution in [0.2, 0.25) is 0 Å². The van der Waals surface area contributed by atoms with Crippen LogP contribution in [-0.2, 0) is 25.4 Å². The Morgan fingerprint density at radius 2 is 1.47 bits per heavy atom. The quantitative estimate of drug-likeness (QED) is 0.109. The zero-order chi connectivity index (χ0) is 27.8. The van der Waals surface area contributed by atoms with Crippen molar-refractivity contribution in [2.45, 2.75) is 47.1 Å². The van der Waals surface area contributed by atoms with E-state index in [1.165, 1.54) is 6.08 Å². The lowest BCUT2D eigenvalue weighted by atomic mass is 9.85. The summed E-state index contributed by atoms with van der Waals surface area (Å²) in [6.07, 6.45) is 2.75. The molecule has 0 amide bonds. The maximum atomic E-state index is 14.5. The van der Waals surface area contributed by atoms with Gasteiger partial charge in [0.25, 0.3) is 0 Å². The molecule has 0 aromatic heterocycles. The van der Waals surface area contributed by atoms with Gasteiger partial charge in [-0.05, 0) is 43.4 Å². The van der Waals surface area contributed by atoms with Crippen LogP contribution in [0, 0.1) is 19.3 Å². The third-order valence-electron chi connectivity index (χ3n) is 7.03. The molecule has 200 valence electrons. The van der Waals surface area contributed by atoms with Gasteiger partial charge in [-0.2, -0.15) is 0 Å². The lowest BCUT2D eigenvalue weighted by molar-refractivity contribution is -0.141. The highest BCUT2D eigenvalue weighted by atomic mass is 31.2. The SMILES string of the molecule is C=CC(=O)OCC(C)(CC)CCOCc1cc(C)c(C(=O)P(=O)(c2ccccc2)c2ccccc2)c(C)c1. The average Bonchev–Trinajstić information content (AvgIpc) is 2.94. The monoisotopic (exact) mass is 532 g/mol. The van der Waals surface area contributed by atoms with Gasteiger partial charge in [0.1, 0.15) is 0 Å². The van der Waals surface area contributed by atoms with Gasteiger partial charge in [0.2, 0.25) is 12.7 Å². The van der Waals surface area contributed by atoms with Crippen molar-refractivity contribution < 1.29 is 23.6 Å². The van der Waals surface area contributed by atoms with E-state index in [0.29, 0.717) is 36.0 Å². The molecule has 38 heavy (non-hydrogen) atoms. The number of aryl methyl sites for hydroxylation is 2. The topological polar surface area (TPSA) is 69.7 Å². The van der Waals surface area contributed by atoms with E-state index in [1.54, 1.807) is 24.3 Å². The first-order chi connectivity index (χ1) is 18.1. The van der Waals surface area contributed by atoms with Crippen molar-refractivity contribution in [3.05, 3.63) is 108 Å².